The Kier molecular flexibility index (Phi) is 4.94. The van der Waals surface area contributed by atoms with Crippen LogP contribution in [0.1, 0.15) is 64.6 Å². The van der Waals surface area contributed by atoms with E-state index in [-0.39, 0.29) is 5.41 Å². The monoisotopic (exact) mass is 282 g/mol. The summed E-state index contributed by atoms with van der Waals surface area (Å²) in [5, 5.41) is 4.81. The topological polar surface area (TPSA) is 17.8 Å². The van der Waals surface area contributed by atoms with Crippen LogP contribution in [0.4, 0.5) is 0 Å². The normalized spacial score (nSPS) is 20.7. The van der Waals surface area contributed by atoms with Gasteiger partial charge in [-0.05, 0) is 36.7 Å². The highest BCUT2D eigenvalue weighted by Crippen LogP contribution is 2.33. The molecule has 1 saturated carbocycles. The van der Waals surface area contributed by atoms with E-state index in [0.29, 0.717) is 17.8 Å². The third-order valence-corrected chi connectivity index (χ3v) is 5.51. The fourth-order valence-electron chi connectivity index (χ4n) is 2.84. The second-order valence-electron chi connectivity index (χ2n) is 6.70. The van der Waals surface area contributed by atoms with Crippen LogP contribution in [-0.4, -0.2) is 15.7 Å². The molecule has 0 N–H and O–H groups in total. The molecule has 1 aliphatic rings. The van der Waals surface area contributed by atoms with Crippen LogP contribution >= 0.6 is 11.6 Å². The summed E-state index contributed by atoms with van der Waals surface area (Å²) >= 11 is 6.17. The van der Waals surface area contributed by atoms with Gasteiger partial charge in [-0.1, -0.05) is 40.0 Å². The van der Waals surface area contributed by atoms with Gasteiger partial charge >= 0.3 is 0 Å². The molecule has 1 atom stereocenters. The number of alkyl halides is 1. The molecule has 0 bridgehead atoms. The molecule has 3 heteroatoms. The lowest BCUT2D eigenvalue weighted by molar-refractivity contribution is 0.248. The summed E-state index contributed by atoms with van der Waals surface area (Å²) < 4.78 is 2.20. The molecule has 1 fully saturated rings. The van der Waals surface area contributed by atoms with Gasteiger partial charge in [-0.2, -0.15) is 5.10 Å². The average molecular weight is 283 g/mol. The highest BCUT2D eigenvalue weighted by Gasteiger charge is 2.29. The zero-order chi connectivity index (χ0) is 13.9. The molecule has 2 rings (SSSR count). The predicted octanol–water partition coefficient (Wildman–Crippen LogP) is 4.83. The molecular weight excluding hydrogens is 256 g/mol. The highest BCUT2D eigenvalue weighted by atomic mass is 35.5. The molecule has 19 heavy (non-hydrogen) atoms. The molecule has 0 aromatic carbocycles. The summed E-state index contributed by atoms with van der Waals surface area (Å²) in [5.41, 5.74) is 1.34. The van der Waals surface area contributed by atoms with Crippen LogP contribution in [0.25, 0.3) is 0 Å². The Hall–Kier alpha value is -0.500. The van der Waals surface area contributed by atoms with Crippen molar-refractivity contribution in [1.82, 2.24) is 9.78 Å². The van der Waals surface area contributed by atoms with Gasteiger partial charge in [0.15, 0.2) is 0 Å². The van der Waals surface area contributed by atoms with Crippen LogP contribution in [0.5, 0.6) is 0 Å². The van der Waals surface area contributed by atoms with Crippen LogP contribution < -0.4 is 0 Å². The summed E-state index contributed by atoms with van der Waals surface area (Å²) in [6.45, 7) is 6.77. The fraction of sp³-hybridized carbons (Fsp3) is 0.812. The van der Waals surface area contributed by atoms with E-state index >= 15 is 0 Å². The fourth-order valence-corrected chi connectivity index (χ4v) is 3.24. The number of halogens is 1. The molecule has 0 aliphatic heterocycles. The lowest BCUT2D eigenvalue weighted by Gasteiger charge is -2.31. The maximum Gasteiger partial charge on any atom is 0.0630 e. The summed E-state index contributed by atoms with van der Waals surface area (Å²) in [6, 6.07) is 2.81. The van der Waals surface area contributed by atoms with E-state index < -0.39 is 0 Å². The molecule has 0 amide bonds. The first-order chi connectivity index (χ1) is 9.05. The van der Waals surface area contributed by atoms with Crippen LogP contribution in [0, 0.1) is 11.3 Å². The van der Waals surface area contributed by atoms with Crippen molar-refractivity contribution in [1.29, 1.82) is 0 Å². The number of rotatable bonds is 5. The average Bonchev–Trinajstić information content (AvgIpc) is 2.87. The number of hydrogen-bond donors (Lipinski definition) is 0. The molecule has 1 aliphatic carbocycles. The Labute approximate surface area is 122 Å². The van der Waals surface area contributed by atoms with Crippen molar-refractivity contribution in [3.8, 4) is 0 Å². The molecular formula is C16H27ClN2. The highest BCUT2D eigenvalue weighted by molar-refractivity contribution is 6.18. The summed E-state index contributed by atoms with van der Waals surface area (Å²) in [7, 11) is 0. The van der Waals surface area contributed by atoms with Crippen molar-refractivity contribution in [2.24, 2.45) is 11.3 Å². The van der Waals surface area contributed by atoms with Gasteiger partial charge in [-0.3, -0.25) is 4.68 Å². The first-order valence-electron chi connectivity index (χ1n) is 7.65. The molecule has 1 unspecified atom stereocenters. The number of aromatic nitrogens is 2. The van der Waals surface area contributed by atoms with Crippen molar-refractivity contribution in [3.63, 3.8) is 0 Å². The lowest BCUT2D eigenvalue weighted by atomic mass is 9.77. The Morgan fingerprint density at radius 2 is 2.05 bits per heavy atom. The molecule has 108 valence electrons. The minimum atomic E-state index is 0.146. The standard InChI is InChI=1S/C16H27ClN2/c1-13(2)16(3,12-17)11-14-9-10-19(18-14)15-7-5-4-6-8-15/h9-10,13,15H,4-8,11-12H2,1-3H3. The third kappa shape index (κ3) is 3.53. The van der Waals surface area contributed by atoms with Gasteiger partial charge in [0.05, 0.1) is 11.7 Å². The SMILES string of the molecule is CC(C)C(C)(CCl)Cc1ccn(C2CCCCC2)n1. The molecule has 1 aromatic heterocycles. The minimum absolute atomic E-state index is 0.146. The zero-order valence-electron chi connectivity index (χ0n) is 12.5. The van der Waals surface area contributed by atoms with Gasteiger partial charge in [-0.15, -0.1) is 11.6 Å². The Morgan fingerprint density at radius 1 is 1.37 bits per heavy atom. The van der Waals surface area contributed by atoms with Crippen LogP contribution in [0.2, 0.25) is 0 Å². The molecule has 2 nitrogen and oxygen atoms in total. The lowest BCUT2D eigenvalue weighted by Crippen LogP contribution is -2.28. The maximum atomic E-state index is 6.17. The summed E-state index contributed by atoms with van der Waals surface area (Å²) in [5.74, 6) is 1.27. The molecule has 0 saturated heterocycles. The van der Waals surface area contributed by atoms with Crippen LogP contribution in [-0.2, 0) is 6.42 Å². The second-order valence-corrected chi connectivity index (χ2v) is 6.97. The summed E-state index contributed by atoms with van der Waals surface area (Å²) in [4.78, 5) is 0. The smallest absolute Gasteiger partial charge is 0.0630 e. The van der Waals surface area contributed by atoms with Gasteiger partial charge < -0.3 is 0 Å². The number of hydrogen-bond acceptors (Lipinski definition) is 1. The first-order valence-corrected chi connectivity index (χ1v) is 8.18. The van der Waals surface area contributed by atoms with Crippen LogP contribution in [0.15, 0.2) is 12.3 Å². The van der Waals surface area contributed by atoms with E-state index in [2.05, 4.69) is 37.7 Å². The largest absolute Gasteiger partial charge is 0.269 e. The molecule has 1 aromatic rings. The Morgan fingerprint density at radius 3 is 2.63 bits per heavy atom. The van der Waals surface area contributed by atoms with E-state index in [9.17, 15) is 0 Å². The minimum Gasteiger partial charge on any atom is -0.269 e. The van der Waals surface area contributed by atoms with Crippen LogP contribution in [0.3, 0.4) is 0 Å². The van der Waals surface area contributed by atoms with Crippen molar-refractivity contribution >= 4 is 11.6 Å². The van der Waals surface area contributed by atoms with E-state index in [1.165, 1.54) is 37.8 Å². The Bertz CT molecular complexity index is 393. The number of nitrogens with zero attached hydrogens (tertiary/aromatic N) is 2. The maximum absolute atomic E-state index is 6.17. The van der Waals surface area contributed by atoms with Crippen molar-refractivity contribution in [2.75, 3.05) is 5.88 Å². The van der Waals surface area contributed by atoms with Crippen molar-refractivity contribution in [3.05, 3.63) is 18.0 Å². The van der Waals surface area contributed by atoms with E-state index in [4.69, 9.17) is 16.7 Å². The third-order valence-electron chi connectivity index (χ3n) is 4.90. The van der Waals surface area contributed by atoms with Gasteiger partial charge in [0.1, 0.15) is 0 Å². The zero-order valence-corrected chi connectivity index (χ0v) is 13.3. The van der Waals surface area contributed by atoms with Gasteiger partial charge in [0.2, 0.25) is 0 Å². The van der Waals surface area contributed by atoms with Gasteiger partial charge in [0.25, 0.3) is 0 Å². The summed E-state index contributed by atoms with van der Waals surface area (Å²) in [6.07, 6.45) is 9.82. The van der Waals surface area contributed by atoms with Crippen molar-refractivity contribution < 1.29 is 0 Å². The van der Waals surface area contributed by atoms with Gasteiger partial charge in [0, 0.05) is 12.1 Å². The van der Waals surface area contributed by atoms with E-state index in [1.54, 1.807) is 0 Å². The van der Waals surface area contributed by atoms with Crippen molar-refractivity contribution in [2.45, 2.75) is 65.3 Å². The molecule has 1 heterocycles. The second kappa shape index (κ2) is 6.30. The first kappa shape index (κ1) is 14.9. The predicted molar refractivity (Wildman–Crippen MR) is 81.7 cm³/mol. The van der Waals surface area contributed by atoms with E-state index in [0.717, 1.165) is 6.42 Å². The molecule has 0 radical (unpaired) electrons. The van der Waals surface area contributed by atoms with Gasteiger partial charge in [-0.25, -0.2) is 0 Å². The van der Waals surface area contributed by atoms with E-state index in [1.807, 2.05) is 0 Å². The molecule has 0 spiro atoms. The Balaban J connectivity index is 2.04. The quantitative estimate of drug-likeness (QED) is 0.707.